The maximum Gasteiger partial charge on any atom is 0.412 e. The number of carbonyl (C=O) groups excluding carboxylic acids is 2. The predicted molar refractivity (Wildman–Crippen MR) is 108 cm³/mol. The van der Waals surface area contributed by atoms with Gasteiger partial charge < -0.3 is 15.4 Å². The third-order valence-electron chi connectivity index (χ3n) is 4.32. The summed E-state index contributed by atoms with van der Waals surface area (Å²) in [4.78, 5) is 24.3. The van der Waals surface area contributed by atoms with Gasteiger partial charge in [0.2, 0.25) is 0 Å². The maximum atomic E-state index is 12.7. The predicted octanol–water partition coefficient (Wildman–Crippen LogP) is 5.06. The second-order valence-corrected chi connectivity index (χ2v) is 7.76. The highest BCUT2D eigenvalue weighted by Gasteiger charge is 2.21. The first kappa shape index (κ1) is 18.9. The van der Waals surface area contributed by atoms with E-state index in [1.165, 1.54) is 7.05 Å². The topological polar surface area (TPSA) is 67.4 Å². The van der Waals surface area contributed by atoms with Crippen LogP contribution >= 0.6 is 31.9 Å². The lowest BCUT2D eigenvalue weighted by Crippen LogP contribution is -2.23. The van der Waals surface area contributed by atoms with Gasteiger partial charge in [0.15, 0.2) is 0 Å². The van der Waals surface area contributed by atoms with Crippen LogP contribution in [0.5, 0.6) is 5.75 Å². The Labute approximate surface area is 168 Å². The molecule has 0 aromatic heterocycles. The molecule has 0 heterocycles. The van der Waals surface area contributed by atoms with Crippen LogP contribution < -0.4 is 15.4 Å². The molecule has 1 aliphatic rings. The average Bonchev–Trinajstić information content (AvgIpc) is 2.63. The Morgan fingerprint density at radius 3 is 2.46 bits per heavy atom. The van der Waals surface area contributed by atoms with Gasteiger partial charge in [0, 0.05) is 27.2 Å². The number of amides is 2. The van der Waals surface area contributed by atoms with Crippen LogP contribution in [0.2, 0.25) is 0 Å². The van der Waals surface area contributed by atoms with Crippen LogP contribution in [0, 0.1) is 0 Å². The molecule has 0 saturated carbocycles. The summed E-state index contributed by atoms with van der Waals surface area (Å²) in [6.45, 7) is 0. The van der Waals surface area contributed by atoms with Gasteiger partial charge in [-0.3, -0.25) is 4.79 Å². The molecule has 2 N–H and O–H groups in total. The van der Waals surface area contributed by atoms with Crippen LogP contribution in [0.15, 0.2) is 39.3 Å². The molecular weight excluding hydrogens is 464 g/mol. The quantitative estimate of drug-likeness (QED) is 0.643. The highest BCUT2D eigenvalue weighted by atomic mass is 79.9. The van der Waals surface area contributed by atoms with E-state index in [9.17, 15) is 9.59 Å². The second-order valence-electron chi connectivity index (χ2n) is 5.99. The number of hydrogen-bond donors (Lipinski definition) is 2. The molecule has 1 aliphatic carbocycles. The van der Waals surface area contributed by atoms with Gasteiger partial charge >= 0.3 is 6.09 Å². The van der Waals surface area contributed by atoms with Crippen molar-refractivity contribution in [3.05, 3.63) is 56.0 Å². The fourth-order valence-corrected chi connectivity index (χ4v) is 4.29. The van der Waals surface area contributed by atoms with Crippen LogP contribution in [0.4, 0.5) is 10.5 Å². The Morgan fingerprint density at radius 2 is 1.77 bits per heavy atom. The first-order valence-corrected chi connectivity index (χ1v) is 9.89. The second kappa shape index (κ2) is 8.22. The van der Waals surface area contributed by atoms with Crippen LogP contribution in [0.3, 0.4) is 0 Å². The summed E-state index contributed by atoms with van der Waals surface area (Å²) in [5.74, 6) is 0.374. The van der Waals surface area contributed by atoms with Crippen molar-refractivity contribution in [2.75, 3.05) is 12.4 Å². The van der Waals surface area contributed by atoms with Crippen LogP contribution in [-0.2, 0) is 12.8 Å². The molecule has 2 amide bonds. The molecular formula is C19H18Br2N2O3. The molecule has 2 aromatic carbocycles. The Bertz CT molecular complexity index is 868. The summed E-state index contributed by atoms with van der Waals surface area (Å²) >= 11 is 6.81. The van der Waals surface area contributed by atoms with Gasteiger partial charge in [0.05, 0.1) is 5.56 Å². The molecule has 0 unspecified atom stereocenters. The number of ether oxygens (including phenoxy) is 1. The maximum absolute atomic E-state index is 12.7. The molecule has 0 fully saturated rings. The Balaban J connectivity index is 1.90. The van der Waals surface area contributed by atoms with Crippen molar-refractivity contribution in [3.8, 4) is 5.75 Å². The number of rotatable bonds is 3. The highest BCUT2D eigenvalue weighted by Crippen LogP contribution is 2.35. The van der Waals surface area contributed by atoms with E-state index in [0.29, 0.717) is 11.3 Å². The number of benzene rings is 2. The van der Waals surface area contributed by atoms with Gasteiger partial charge in [-0.2, -0.15) is 0 Å². The van der Waals surface area contributed by atoms with Crippen LogP contribution in [0.1, 0.15) is 34.3 Å². The van der Waals surface area contributed by atoms with Gasteiger partial charge in [-0.05, 0) is 77.5 Å². The molecule has 0 spiro atoms. The summed E-state index contributed by atoms with van der Waals surface area (Å²) in [6, 6.07) is 8.97. The third-order valence-corrected chi connectivity index (χ3v) is 5.47. The number of nitrogens with one attached hydrogen (secondary N) is 2. The van der Waals surface area contributed by atoms with E-state index in [-0.39, 0.29) is 5.91 Å². The number of halogens is 2. The molecule has 0 aliphatic heterocycles. The van der Waals surface area contributed by atoms with E-state index in [1.54, 1.807) is 18.2 Å². The highest BCUT2D eigenvalue weighted by molar-refractivity contribution is 9.11. The minimum Gasteiger partial charge on any atom is -0.410 e. The molecule has 7 heteroatoms. The molecule has 0 atom stereocenters. The van der Waals surface area contributed by atoms with Crippen molar-refractivity contribution in [2.45, 2.75) is 25.7 Å². The number of anilines is 1. The zero-order valence-electron chi connectivity index (χ0n) is 14.2. The lowest BCUT2D eigenvalue weighted by molar-refractivity contribution is 0.102. The van der Waals surface area contributed by atoms with Gasteiger partial charge in [0.1, 0.15) is 5.75 Å². The van der Waals surface area contributed by atoms with Crippen molar-refractivity contribution < 1.29 is 14.3 Å². The third kappa shape index (κ3) is 4.10. The zero-order valence-corrected chi connectivity index (χ0v) is 17.4. The Kier molecular flexibility index (Phi) is 5.98. The number of carbonyl (C=O) groups is 2. The molecule has 3 rings (SSSR count). The van der Waals surface area contributed by atoms with Crippen LogP contribution in [-0.4, -0.2) is 19.0 Å². The normalized spacial score (nSPS) is 12.9. The standard InChI is InChI=1S/C19H18Br2N2O3/c1-22-19(25)26-17-9-8-16(12-4-2-3-5-13(12)17)23-18(24)14-7-6-11(20)10-15(14)21/h6-10H,2-5H2,1H3,(H,22,25)(H,23,24). The number of hydrogen-bond acceptors (Lipinski definition) is 3. The molecule has 0 radical (unpaired) electrons. The Hall–Kier alpha value is -1.86. The van der Waals surface area contributed by atoms with E-state index in [4.69, 9.17) is 4.74 Å². The van der Waals surface area contributed by atoms with E-state index < -0.39 is 6.09 Å². The van der Waals surface area contributed by atoms with Crippen molar-refractivity contribution >= 4 is 49.5 Å². The van der Waals surface area contributed by atoms with Crippen molar-refractivity contribution in [1.29, 1.82) is 0 Å². The van der Waals surface area contributed by atoms with Gasteiger partial charge in [-0.15, -0.1) is 0 Å². The van der Waals surface area contributed by atoms with Gasteiger partial charge in [0.25, 0.3) is 5.91 Å². The lowest BCUT2D eigenvalue weighted by Gasteiger charge is -2.22. The average molecular weight is 482 g/mol. The summed E-state index contributed by atoms with van der Waals surface area (Å²) in [5.41, 5.74) is 3.36. The first-order chi connectivity index (χ1) is 12.5. The molecule has 2 aromatic rings. The monoisotopic (exact) mass is 480 g/mol. The molecule has 0 saturated heterocycles. The molecule has 26 heavy (non-hydrogen) atoms. The van der Waals surface area contributed by atoms with Crippen molar-refractivity contribution in [3.63, 3.8) is 0 Å². The van der Waals surface area contributed by atoms with E-state index in [1.807, 2.05) is 12.1 Å². The smallest absolute Gasteiger partial charge is 0.410 e. The fourth-order valence-electron chi connectivity index (χ4n) is 3.06. The summed E-state index contributed by atoms with van der Waals surface area (Å²) in [6.07, 6.45) is 3.26. The van der Waals surface area contributed by atoms with Gasteiger partial charge in [-0.1, -0.05) is 15.9 Å². The number of fused-ring (bicyclic) bond motifs is 1. The summed E-state index contributed by atoms with van der Waals surface area (Å²) < 4.78 is 6.98. The van der Waals surface area contributed by atoms with E-state index >= 15 is 0 Å². The summed E-state index contributed by atoms with van der Waals surface area (Å²) in [5, 5.41) is 5.46. The van der Waals surface area contributed by atoms with Crippen LogP contribution in [0.25, 0.3) is 0 Å². The van der Waals surface area contributed by atoms with Crippen molar-refractivity contribution in [1.82, 2.24) is 5.32 Å². The minimum atomic E-state index is -0.492. The SMILES string of the molecule is CNC(=O)Oc1ccc(NC(=O)c2ccc(Br)cc2Br)c2c1CCCC2. The van der Waals surface area contributed by atoms with Gasteiger partial charge in [-0.25, -0.2) is 4.79 Å². The Morgan fingerprint density at radius 1 is 1.04 bits per heavy atom. The van der Waals surface area contributed by atoms with Crippen molar-refractivity contribution in [2.24, 2.45) is 0 Å². The largest absolute Gasteiger partial charge is 0.412 e. The lowest BCUT2D eigenvalue weighted by atomic mass is 9.89. The minimum absolute atomic E-state index is 0.183. The van der Waals surface area contributed by atoms with E-state index in [0.717, 1.165) is 51.4 Å². The summed E-state index contributed by atoms with van der Waals surface area (Å²) in [7, 11) is 1.53. The first-order valence-electron chi connectivity index (χ1n) is 8.30. The fraction of sp³-hybridized carbons (Fsp3) is 0.263. The zero-order chi connectivity index (χ0) is 18.7. The molecule has 0 bridgehead atoms. The van der Waals surface area contributed by atoms with E-state index in [2.05, 4.69) is 42.5 Å². The molecule has 5 nitrogen and oxygen atoms in total. The molecule has 136 valence electrons.